The number of methoxy groups -OCH3 is 1. The summed E-state index contributed by atoms with van der Waals surface area (Å²) in [7, 11) is 1.26. The fraction of sp³-hybridized carbons (Fsp3) is 0.346. The van der Waals surface area contributed by atoms with Gasteiger partial charge < -0.3 is 10.1 Å². The van der Waals surface area contributed by atoms with E-state index in [2.05, 4.69) is 10.3 Å². The molecule has 0 aliphatic heterocycles. The standard InChI is InChI=1S/C26H22F4N2O3S/c1-35-23(33)18-12-16(6-7-17(18)21-13-31-22(36-21)14-3-2-4-14)32-24(34)25(9-10-25)19-8-5-15(11-20(19)27)26(28,29)30/h5-8,11-14H,2-4,9-10H2,1H3,(H,32,34). The first-order chi connectivity index (χ1) is 17.1. The first-order valence-corrected chi connectivity index (χ1v) is 12.3. The van der Waals surface area contributed by atoms with Crippen LogP contribution in [-0.4, -0.2) is 24.0 Å². The lowest BCUT2D eigenvalue weighted by Crippen LogP contribution is -2.29. The molecule has 0 bridgehead atoms. The summed E-state index contributed by atoms with van der Waals surface area (Å²) in [5, 5.41) is 3.73. The number of amides is 1. The predicted octanol–water partition coefficient (Wildman–Crippen LogP) is 6.69. The van der Waals surface area contributed by atoms with E-state index in [-0.39, 0.29) is 11.1 Å². The summed E-state index contributed by atoms with van der Waals surface area (Å²) in [6.45, 7) is 0. The smallest absolute Gasteiger partial charge is 0.416 e. The Bertz CT molecular complexity index is 1340. The van der Waals surface area contributed by atoms with Gasteiger partial charge in [-0.2, -0.15) is 13.2 Å². The Hall–Kier alpha value is -3.27. The van der Waals surface area contributed by atoms with Crippen molar-refractivity contribution in [2.24, 2.45) is 0 Å². The number of benzene rings is 2. The zero-order chi connectivity index (χ0) is 25.7. The molecule has 10 heteroatoms. The summed E-state index contributed by atoms with van der Waals surface area (Å²) in [4.78, 5) is 31.0. The number of nitrogens with one attached hydrogen (secondary N) is 1. The van der Waals surface area contributed by atoms with Crippen molar-refractivity contribution in [2.75, 3.05) is 12.4 Å². The van der Waals surface area contributed by atoms with Crippen LogP contribution in [0, 0.1) is 5.82 Å². The normalized spacial score (nSPS) is 16.8. The number of halogens is 4. The van der Waals surface area contributed by atoms with E-state index in [1.807, 2.05) is 0 Å². The Balaban J connectivity index is 1.41. The monoisotopic (exact) mass is 518 g/mol. The Morgan fingerprint density at radius 2 is 1.89 bits per heavy atom. The molecule has 36 heavy (non-hydrogen) atoms. The van der Waals surface area contributed by atoms with Crippen molar-refractivity contribution in [3.05, 3.63) is 70.1 Å². The molecule has 0 saturated heterocycles. The van der Waals surface area contributed by atoms with Crippen molar-refractivity contribution in [1.82, 2.24) is 4.98 Å². The average molecular weight is 519 g/mol. The number of nitrogens with zero attached hydrogens (tertiary/aromatic N) is 1. The molecule has 5 nitrogen and oxygen atoms in total. The number of ether oxygens (including phenoxy) is 1. The lowest BCUT2D eigenvalue weighted by Gasteiger charge is -2.22. The highest BCUT2D eigenvalue weighted by molar-refractivity contribution is 7.15. The van der Waals surface area contributed by atoms with Gasteiger partial charge in [0.1, 0.15) is 5.82 Å². The third kappa shape index (κ3) is 4.38. The number of anilines is 1. The third-order valence-electron chi connectivity index (χ3n) is 6.92. The van der Waals surface area contributed by atoms with E-state index in [0.29, 0.717) is 36.1 Å². The van der Waals surface area contributed by atoms with E-state index in [9.17, 15) is 27.2 Å². The van der Waals surface area contributed by atoms with Crippen LogP contribution in [0.25, 0.3) is 10.4 Å². The van der Waals surface area contributed by atoms with E-state index in [1.165, 1.54) is 30.9 Å². The van der Waals surface area contributed by atoms with Gasteiger partial charge in [0.25, 0.3) is 0 Å². The number of alkyl halides is 3. The van der Waals surface area contributed by atoms with Crippen LogP contribution in [0.4, 0.5) is 23.2 Å². The highest BCUT2D eigenvalue weighted by Crippen LogP contribution is 2.50. The molecule has 1 aromatic heterocycles. The molecule has 0 atom stereocenters. The maximum atomic E-state index is 14.6. The summed E-state index contributed by atoms with van der Waals surface area (Å²) in [6.07, 6.45) is 1.03. The molecule has 2 saturated carbocycles. The molecule has 2 fully saturated rings. The van der Waals surface area contributed by atoms with Gasteiger partial charge >= 0.3 is 12.1 Å². The fourth-order valence-electron chi connectivity index (χ4n) is 4.45. The van der Waals surface area contributed by atoms with E-state index in [4.69, 9.17) is 4.74 Å². The zero-order valence-electron chi connectivity index (χ0n) is 19.2. The van der Waals surface area contributed by atoms with Gasteiger partial charge in [-0.3, -0.25) is 4.79 Å². The molecular weight excluding hydrogens is 496 g/mol. The molecule has 0 radical (unpaired) electrons. The Morgan fingerprint density at radius 3 is 2.47 bits per heavy atom. The van der Waals surface area contributed by atoms with Crippen LogP contribution < -0.4 is 5.32 Å². The molecule has 2 aliphatic rings. The van der Waals surface area contributed by atoms with Crippen molar-refractivity contribution in [3.63, 3.8) is 0 Å². The second-order valence-electron chi connectivity index (χ2n) is 9.17. The molecule has 2 aliphatic carbocycles. The van der Waals surface area contributed by atoms with Gasteiger partial charge in [-0.25, -0.2) is 14.2 Å². The molecule has 0 unspecified atom stereocenters. The van der Waals surface area contributed by atoms with Gasteiger partial charge in [-0.05, 0) is 49.9 Å². The second kappa shape index (κ2) is 8.99. The summed E-state index contributed by atoms with van der Waals surface area (Å²) >= 11 is 1.52. The molecule has 1 amide bonds. The van der Waals surface area contributed by atoms with E-state index in [1.54, 1.807) is 18.3 Å². The molecule has 1 N–H and O–H groups in total. The number of aromatic nitrogens is 1. The second-order valence-corrected chi connectivity index (χ2v) is 10.2. The Labute approximate surface area is 208 Å². The molecule has 5 rings (SSSR count). The van der Waals surface area contributed by atoms with Crippen LogP contribution in [0.3, 0.4) is 0 Å². The summed E-state index contributed by atoms with van der Waals surface area (Å²) < 4.78 is 58.3. The minimum Gasteiger partial charge on any atom is -0.465 e. The maximum Gasteiger partial charge on any atom is 0.416 e. The minimum absolute atomic E-state index is 0.0778. The summed E-state index contributed by atoms with van der Waals surface area (Å²) in [5.74, 6) is -1.76. The highest BCUT2D eigenvalue weighted by Gasteiger charge is 2.53. The van der Waals surface area contributed by atoms with Crippen LogP contribution in [0.5, 0.6) is 0 Å². The van der Waals surface area contributed by atoms with Crippen molar-refractivity contribution in [1.29, 1.82) is 0 Å². The Morgan fingerprint density at radius 1 is 1.14 bits per heavy atom. The lowest BCUT2D eigenvalue weighted by atomic mass is 9.86. The van der Waals surface area contributed by atoms with Crippen LogP contribution in [0.1, 0.15) is 64.5 Å². The van der Waals surface area contributed by atoms with Gasteiger partial charge in [0.05, 0.1) is 33.5 Å². The van der Waals surface area contributed by atoms with Crippen LogP contribution in [-0.2, 0) is 21.1 Å². The van der Waals surface area contributed by atoms with Crippen LogP contribution >= 0.6 is 11.3 Å². The number of carbonyl (C=O) groups excluding carboxylic acids is 2. The highest BCUT2D eigenvalue weighted by atomic mass is 32.1. The topological polar surface area (TPSA) is 68.3 Å². The number of esters is 1. The number of carbonyl (C=O) groups is 2. The van der Waals surface area contributed by atoms with Crippen molar-refractivity contribution >= 4 is 28.9 Å². The van der Waals surface area contributed by atoms with Gasteiger partial charge in [-0.15, -0.1) is 11.3 Å². The van der Waals surface area contributed by atoms with E-state index >= 15 is 0 Å². The summed E-state index contributed by atoms with van der Waals surface area (Å²) in [6, 6.07) is 7.03. The average Bonchev–Trinajstić information content (AvgIpc) is 3.48. The van der Waals surface area contributed by atoms with Gasteiger partial charge in [0.15, 0.2) is 0 Å². The SMILES string of the molecule is COC(=O)c1cc(NC(=O)C2(c3ccc(C(F)(F)F)cc3F)CC2)ccc1-c1cnc(C2CCC2)s1. The Kier molecular flexibility index (Phi) is 6.10. The van der Waals surface area contributed by atoms with E-state index in [0.717, 1.165) is 34.9 Å². The first-order valence-electron chi connectivity index (χ1n) is 11.5. The van der Waals surface area contributed by atoms with Gasteiger partial charge in [0.2, 0.25) is 5.91 Å². The minimum atomic E-state index is -4.68. The summed E-state index contributed by atoms with van der Waals surface area (Å²) in [5.41, 5.74) is -1.28. The molecule has 3 aromatic rings. The number of hydrogen-bond donors (Lipinski definition) is 1. The van der Waals surface area contributed by atoms with Crippen LogP contribution in [0.2, 0.25) is 0 Å². The van der Waals surface area contributed by atoms with Crippen molar-refractivity contribution in [2.45, 2.75) is 49.6 Å². The quantitative estimate of drug-likeness (QED) is 0.292. The largest absolute Gasteiger partial charge is 0.465 e. The van der Waals surface area contributed by atoms with Gasteiger partial charge in [-0.1, -0.05) is 18.6 Å². The third-order valence-corrected chi connectivity index (χ3v) is 8.12. The predicted molar refractivity (Wildman–Crippen MR) is 126 cm³/mol. The molecular formula is C26H22F4N2O3S. The first kappa shape index (κ1) is 24.4. The number of hydrogen-bond acceptors (Lipinski definition) is 5. The molecule has 0 spiro atoms. The number of rotatable bonds is 6. The molecule has 188 valence electrons. The van der Waals surface area contributed by atoms with Crippen molar-refractivity contribution in [3.8, 4) is 10.4 Å². The maximum absolute atomic E-state index is 14.6. The zero-order valence-corrected chi connectivity index (χ0v) is 20.1. The molecule has 1 heterocycles. The van der Waals surface area contributed by atoms with Gasteiger partial charge in [0, 0.05) is 28.9 Å². The fourth-order valence-corrected chi connectivity index (χ4v) is 5.57. The van der Waals surface area contributed by atoms with Crippen molar-refractivity contribution < 1.29 is 31.9 Å². The van der Waals surface area contributed by atoms with Crippen LogP contribution in [0.15, 0.2) is 42.6 Å². The molecule has 2 aromatic carbocycles. The number of thiazole rings is 1. The van der Waals surface area contributed by atoms with E-state index < -0.39 is 34.8 Å². The lowest BCUT2D eigenvalue weighted by molar-refractivity contribution is -0.137.